The predicted octanol–water partition coefficient (Wildman–Crippen LogP) is -1.12. The lowest BCUT2D eigenvalue weighted by Crippen LogP contribution is -2.67. The van der Waals surface area contributed by atoms with Crippen LogP contribution in [-0.4, -0.2) is 96.5 Å². The summed E-state index contributed by atoms with van der Waals surface area (Å²) < 4.78 is 11.7. The van der Waals surface area contributed by atoms with E-state index in [2.05, 4.69) is 0 Å². The minimum Gasteiger partial charge on any atom is -0.394 e. The van der Waals surface area contributed by atoms with Crippen LogP contribution in [0.2, 0.25) is 0 Å². The third-order valence-electron chi connectivity index (χ3n) is 7.83. The van der Waals surface area contributed by atoms with E-state index in [0.29, 0.717) is 25.7 Å². The van der Waals surface area contributed by atoms with Crippen molar-refractivity contribution in [1.82, 2.24) is 0 Å². The van der Waals surface area contributed by atoms with Gasteiger partial charge in [-0.1, -0.05) is 6.92 Å². The number of rotatable bonds is 4. The van der Waals surface area contributed by atoms with E-state index in [-0.39, 0.29) is 0 Å². The van der Waals surface area contributed by atoms with Crippen molar-refractivity contribution in [3.8, 4) is 0 Å². The molecule has 1 saturated heterocycles. The zero-order valence-corrected chi connectivity index (χ0v) is 18.2. The average Bonchev–Trinajstić information content (AvgIpc) is 2.64. The van der Waals surface area contributed by atoms with Crippen LogP contribution in [0, 0.1) is 17.3 Å². The molecule has 1 unspecified atom stereocenters. The molecule has 3 aliphatic rings. The predicted molar refractivity (Wildman–Crippen MR) is 105 cm³/mol. The summed E-state index contributed by atoms with van der Waals surface area (Å²) >= 11 is 0. The molecule has 176 valence electrons. The Hall–Kier alpha value is -0.360. The Bertz CT molecular complexity index is 604. The van der Waals surface area contributed by atoms with Gasteiger partial charge >= 0.3 is 0 Å². The maximum Gasteiger partial charge on any atom is 0.186 e. The molecule has 1 heterocycles. The lowest BCUT2D eigenvalue weighted by Gasteiger charge is -2.61. The Morgan fingerprint density at radius 2 is 1.63 bits per heavy atom. The minimum atomic E-state index is -1.59. The second-order valence-electron chi connectivity index (χ2n) is 10.5. The fraction of sp³-hybridized carbons (Fsp3) is 1.00. The van der Waals surface area contributed by atoms with Crippen LogP contribution in [0.1, 0.15) is 53.4 Å². The Morgan fingerprint density at radius 3 is 2.20 bits per heavy atom. The third kappa shape index (κ3) is 4.04. The van der Waals surface area contributed by atoms with Gasteiger partial charge in [0.15, 0.2) is 6.29 Å². The van der Waals surface area contributed by atoms with Crippen molar-refractivity contribution in [2.45, 2.75) is 107 Å². The van der Waals surface area contributed by atoms with E-state index in [1.165, 1.54) is 0 Å². The molecule has 2 aliphatic carbocycles. The van der Waals surface area contributed by atoms with E-state index in [9.17, 15) is 35.7 Å². The highest BCUT2D eigenvalue weighted by Crippen LogP contribution is 2.58. The number of ether oxygens (including phenoxy) is 2. The molecule has 1 aliphatic heterocycles. The van der Waals surface area contributed by atoms with Crippen molar-refractivity contribution in [2.24, 2.45) is 17.3 Å². The number of aliphatic hydroxyl groups excluding tert-OH is 5. The lowest BCUT2D eigenvalue weighted by molar-refractivity contribution is -0.342. The van der Waals surface area contributed by atoms with Crippen molar-refractivity contribution in [2.75, 3.05) is 6.61 Å². The van der Waals surface area contributed by atoms with E-state index >= 15 is 0 Å². The molecular weight excluding hydrogens is 396 g/mol. The SMILES string of the molecule is CC(C)(O)[C@@H]1CC[C@@]2(C)C([C@@H]1O[C@@H]1O[C@H](CO)[C@@H](O)[C@H](O)[C@H]1O)[C@@](C)(O)CC[C@@H]2O. The summed E-state index contributed by atoms with van der Waals surface area (Å²) in [6, 6.07) is 0. The van der Waals surface area contributed by atoms with E-state index in [0.717, 1.165) is 0 Å². The summed E-state index contributed by atoms with van der Waals surface area (Å²) in [5.74, 6) is -1.02. The van der Waals surface area contributed by atoms with Gasteiger partial charge in [0.25, 0.3) is 0 Å². The first-order valence-electron chi connectivity index (χ1n) is 10.8. The molecule has 0 aromatic rings. The van der Waals surface area contributed by atoms with Gasteiger partial charge in [-0.3, -0.25) is 0 Å². The van der Waals surface area contributed by atoms with E-state index in [4.69, 9.17) is 9.47 Å². The van der Waals surface area contributed by atoms with Crippen molar-refractivity contribution in [3.63, 3.8) is 0 Å². The van der Waals surface area contributed by atoms with Crippen LogP contribution >= 0.6 is 0 Å². The maximum atomic E-state index is 11.3. The Kier molecular flexibility index (Phi) is 6.64. The molecule has 0 aromatic heterocycles. The molecular formula is C21H38O9. The van der Waals surface area contributed by atoms with Crippen LogP contribution in [0.25, 0.3) is 0 Å². The molecule has 3 fully saturated rings. The summed E-state index contributed by atoms with van der Waals surface area (Å²) in [5.41, 5.74) is -3.06. The van der Waals surface area contributed by atoms with Gasteiger partial charge in [-0.05, 0) is 46.5 Å². The average molecular weight is 435 g/mol. The van der Waals surface area contributed by atoms with Gasteiger partial charge in [0, 0.05) is 17.3 Å². The Balaban J connectivity index is 1.98. The molecule has 3 rings (SSSR count). The van der Waals surface area contributed by atoms with Gasteiger partial charge in [-0.2, -0.15) is 0 Å². The van der Waals surface area contributed by atoms with Crippen molar-refractivity contribution in [1.29, 1.82) is 0 Å². The molecule has 0 aromatic carbocycles. The van der Waals surface area contributed by atoms with Crippen molar-refractivity contribution >= 4 is 0 Å². The smallest absolute Gasteiger partial charge is 0.186 e. The summed E-state index contributed by atoms with van der Waals surface area (Å²) in [4.78, 5) is 0. The van der Waals surface area contributed by atoms with Gasteiger partial charge in [0.2, 0.25) is 0 Å². The molecule has 7 N–H and O–H groups in total. The van der Waals surface area contributed by atoms with Crippen LogP contribution in [-0.2, 0) is 9.47 Å². The highest BCUT2D eigenvalue weighted by molar-refractivity contribution is 5.11. The summed E-state index contributed by atoms with van der Waals surface area (Å²) in [6.45, 7) is 6.32. The zero-order valence-electron chi connectivity index (χ0n) is 18.2. The fourth-order valence-corrected chi connectivity index (χ4v) is 6.01. The fourth-order valence-electron chi connectivity index (χ4n) is 6.01. The monoisotopic (exact) mass is 434 g/mol. The molecule has 2 saturated carbocycles. The highest BCUT2D eigenvalue weighted by atomic mass is 16.7. The molecule has 0 spiro atoms. The Labute approximate surface area is 177 Å². The molecule has 9 heteroatoms. The van der Waals surface area contributed by atoms with Gasteiger partial charge in [0.05, 0.1) is 30.0 Å². The molecule has 11 atom stereocenters. The van der Waals surface area contributed by atoms with E-state index in [1.54, 1.807) is 20.8 Å². The largest absolute Gasteiger partial charge is 0.394 e. The van der Waals surface area contributed by atoms with Crippen LogP contribution < -0.4 is 0 Å². The first-order valence-corrected chi connectivity index (χ1v) is 10.8. The lowest BCUT2D eigenvalue weighted by atomic mass is 9.50. The molecule has 30 heavy (non-hydrogen) atoms. The van der Waals surface area contributed by atoms with Crippen LogP contribution in [0.5, 0.6) is 0 Å². The standard InChI is InChI=1S/C21H38O9/c1-19(2,27)10-5-7-20(3)12(23)6-8-21(4,28)17(20)16(10)30-18-15(26)14(25)13(24)11(9-22)29-18/h10-18,22-28H,5-9H2,1-4H3/t10-,11-,12+,13-,14+,15-,16-,17?,18+,20-,21+/m1/s1. The highest BCUT2D eigenvalue weighted by Gasteiger charge is 2.62. The number of aliphatic hydroxyl groups is 7. The quantitative estimate of drug-likeness (QED) is 0.291. The molecule has 9 nitrogen and oxygen atoms in total. The van der Waals surface area contributed by atoms with Gasteiger partial charge in [0.1, 0.15) is 24.4 Å². The van der Waals surface area contributed by atoms with Gasteiger partial charge < -0.3 is 45.2 Å². The zero-order chi connectivity index (χ0) is 22.6. The van der Waals surface area contributed by atoms with E-state index in [1.807, 2.05) is 6.92 Å². The summed E-state index contributed by atoms with van der Waals surface area (Å²) in [5, 5.41) is 73.1. The molecule has 0 amide bonds. The van der Waals surface area contributed by atoms with Crippen LogP contribution in [0.4, 0.5) is 0 Å². The second-order valence-corrected chi connectivity index (χ2v) is 10.5. The van der Waals surface area contributed by atoms with Gasteiger partial charge in [-0.15, -0.1) is 0 Å². The topological polar surface area (TPSA) is 160 Å². The number of hydrogen-bond donors (Lipinski definition) is 7. The molecule has 0 bridgehead atoms. The summed E-state index contributed by atoms with van der Waals surface area (Å²) in [7, 11) is 0. The minimum absolute atomic E-state index is 0.349. The van der Waals surface area contributed by atoms with Crippen LogP contribution in [0.15, 0.2) is 0 Å². The van der Waals surface area contributed by atoms with Crippen molar-refractivity contribution < 1.29 is 45.2 Å². The van der Waals surface area contributed by atoms with Crippen LogP contribution in [0.3, 0.4) is 0 Å². The normalized spacial score (nSPS) is 52.7. The second kappa shape index (κ2) is 8.20. The Morgan fingerprint density at radius 1 is 1.00 bits per heavy atom. The maximum absolute atomic E-state index is 11.3. The molecule has 0 radical (unpaired) electrons. The van der Waals surface area contributed by atoms with E-state index < -0.39 is 78.0 Å². The first-order chi connectivity index (χ1) is 13.7. The van der Waals surface area contributed by atoms with Crippen molar-refractivity contribution in [3.05, 3.63) is 0 Å². The number of hydrogen-bond acceptors (Lipinski definition) is 9. The first kappa shape index (κ1) is 24.3. The number of fused-ring (bicyclic) bond motifs is 1. The van der Waals surface area contributed by atoms with Gasteiger partial charge in [-0.25, -0.2) is 0 Å². The summed E-state index contributed by atoms with van der Waals surface area (Å²) in [6.07, 6.45) is -6.77. The third-order valence-corrected chi connectivity index (χ3v) is 7.83.